The molecule has 2 aromatic rings. The van der Waals surface area contributed by atoms with Crippen molar-refractivity contribution < 1.29 is 14.3 Å². The Bertz CT molecular complexity index is 992. The van der Waals surface area contributed by atoms with E-state index in [0.29, 0.717) is 12.8 Å². The Hall–Kier alpha value is -2.66. The number of piperazine rings is 1. The fraction of sp³-hybridized carbons (Fsp3) is 0.462. The molecule has 2 aromatic carbocycles. The second-order valence-electron chi connectivity index (χ2n) is 8.96. The van der Waals surface area contributed by atoms with Gasteiger partial charge in [0.2, 0.25) is 5.91 Å². The lowest BCUT2D eigenvalue weighted by Crippen LogP contribution is -2.48. The van der Waals surface area contributed by atoms with Crippen molar-refractivity contribution in [1.82, 2.24) is 9.80 Å². The summed E-state index contributed by atoms with van der Waals surface area (Å²) in [7, 11) is 0. The summed E-state index contributed by atoms with van der Waals surface area (Å²) in [6.07, 6.45) is 4.97. The number of ketones is 1. The predicted octanol–water partition coefficient (Wildman–Crippen LogP) is 3.42. The average Bonchev–Trinajstić information content (AvgIpc) is 3.46. The third kappa shape index (κ3) is 4.52. The van der Waals surface area contributed by atoms with Gasteiger partial charge in [-0.1, -0.05) is 24.3 Å². The Labute approximate surface area is 184 Å². The summed E-state index contributed by atoms with van der Waals surface area (Å²) < 4.78 is 5.59. The number of rotatable bonds is 6. The number of amides is 1. The molecule has 0 saturated carbocycles. The molecule has 1 amide bonds. The van der Waals surface area contributed by atoms with E-state index in [0.717, 1.165) is 69.9 Å². The molecule has 1 fully saturated rings. The number of hydrogen-bond donors (Lipinski definition) is 0. The summed E-state index contributed by atoms with van der Waals surface area (Å²) in [6.45, 7) is 4.91. The number of Topliss-reactive ketones (excluding diaryl/α,β-unsaturated/α-hetero) is 1. The molecule has 31 heavy (non-hydrogen) atoms. The molecular formula is C26H30N2O3. The van der Waals surface area contributed by atoms with E-state index in [1.165, 1.54) is 28.7 Å². The lowest BCUT2D eigenvalue weighted by Gasteiger charge is -2.34. The van der Waals surface area contributed by atoms with Crippen LogP contribution in [0.1, 0.15) is 51.9 Å². The van der Waals surface area contributed by atoms with E-state index in [-0.39, 0.29) is 11.7 Å². The zero-order valence-electron chi connectivity index (χ0n) is 18.1. The van der Waals surface area contributed by atoms with Gasteiger partial charge < -0.3 is 9.64 Å². The van der Waals surface area contributed by atoms with E-state index in [9.17, 15) is 9.59 Å². The zero-order chi connectivity index (χ0) is 21.2. The standard InChI is InChI=1S/C26H30N2O3/c29-24(22-6-5-20-2-1-3-21(20)17-22)7-9-26(30)28-13-11-27(12-14-28)18-19-4-8-25-23(16-19)10-15-31-25/h4-6,8,16-17H,1-3,7,9-15,18H2. The number of carbonyl (C=O) groups is 2. The number of ether oxygens (including phenoxy) is 1. The molecule has 0 bridgehead atoms. The summed E-state index contributed by atoms with van der Waals surface area (Å²) in [5, 5.41) is 0. The predicted molar refractivity (Wildman–Crippen MR) is 120 cm³/mol. The van der Waals surface area contributed by atoms with E-state index in [4.69, 9.17) is 4.74 Å². The van der Waals surface area contributed by atoms with Crippen LogP contribution in [0, 0.1) is 0 Å². The Morgan fingerprint density at radius 1 is 0.839 bits per heavy atom. The van der Waals surface area contributed by atoms with Crippen molar-refractivity contribution in [3.05, 3.63) is 64.2 Å². The number of fused-ring (bicyclic) bond motifs is 2. The molecule has 5 heteroatoms. The molecule has 0 unspecified atom stereocenters. The largest absolute Gasteiger partial charge is 0.493 e. The molecule has 5 rings (SSSR count). The smallest absolute Gasteiger partial charge is 0.223 e. The normalized spacial score (nSPS) is 17.9. The van der Waals surface area contributed by atoms with Crippen molar-refractivity contribution in [3.63, 3.8) is 0 Å². The molecule has 162 valence electrons. The monoisotopic (exact) mass is 418 g/mol. The van der Waals surface area contributed by atoms with Gasteiger partial charge in [0.05, 0.1) is 6.61 Å². The van der Waals surface area contributed by atoms with Crippen LogP contribution in [0.5, 0.6) is 5.75 Å². The Morgan fingerprint density at radius 2 is 1.68 bits per heavy atom. The van der Waals surface area contributed by atoms with Gasteiger partial charge in [0.15, 0.2) is 5.78 Å². The molecule has 0 atom stereocenters. The van der Waals surface area contributed by atoms with Crippen molar-refractivity contribution in [2.45, 2.75) is 45.1 Å². The van der Waals surface area contributed by atoms with E-state index >= 15 is 0 Å². The van der Waals surface area contributed by atoms with Crippen LogP contribution >= 0.6 is 0 Å². The fourth-order valence-electron chi connectivity index (χ4n) is 5.02. The second-order valence-corrected chi connectivity index (χ2v) is 8.96. The van der Waals surface area contributed by atoms with E-state index in [1.54, 1.807) is 0 Å². The Balaban J connectivity index is 1.08. The molecule has 0 N–H and O–H groups in total. The van der Waals surface area contributed by atoms with Crippen LogP contribution in [-0.4, -0.2) is 54.3 Å². The molecule has 2 heterocycles. The summed E-state index contributed by atoms with van der Waals surface area (Å²) in [5.74, 6) is 1.21. The molecule has 0 radical (unpaired) electrons. The minimum absolute atomic E-state index is 0.0854. The molecule has 0 aromatic heterocycles. The maximum atomic E-state index is 12.7. The fourth-order valence-corrected chi connectivity index (χ4v) is 5.02. The number of benzene rings is 2. The van der Waals surface area contributed by atoms with Crippen molar-refractivity contribution in [2.75, 3.05) is 32.8 Å². The lowest BCUT2D eigenvalue weighted by atomic mass is 10.0. The van der Waals surface area contributed by atoms with Gasteiger partial charge in [0, 0.05) is 57.5 Å². The number of carbonyl (C=O) groups excluding carboxylic acids is 2. The molecule has 0 spiro atoms. The van der Waals surface area contributed by atoms with Crippen LogP contribution in [0.2, 0.25) is 0 Å². The van der Waals surface area contributed by atoms with Crippen LogP contribution in [0.25, 0.3) is 0 Å². The molecule has 1 saturated heterocycles. The van der Waals surface area contributed by atoms with Gasteiger partial charge in [0.25, 0.3) is 0 Å². The van der Waals surface area contributed by atoms with Crippen molar-refractivity contribution in [3.8, 4) is 5.75 Å². The maximum absolute atomic E-state index is 12.7. The van der Waals surface area contributed by atoms with Crippen LogP contribution in [0.3, 0.4) is 0 Å². The SMILES string of the molecule is O=C(CCC(=O)N1CCN(Cc2ccc3c(c2)CCO3)CC1)c1ccc2c(c1)CCC2. The minimum atomic E-state index is 0.0854. The number of hydrogen-bond acceptors (Lipinski definition) is 4. The van der Waals surface area contributed by atoms with Gasteiger partial charge in [0.1, 0.15) is 5.75 Å². The Morgan fingerprint density at radius 3 is 2.55 bits per heavy atom. The highest BCUT2D eigenvalue weighted by molar-refractivity contribution is 5.98. The summed E-state index contributed by atoms with van der Waals surface area (Å²) in [4.78, 5) is 29.6. The molecule has 3 aliphatic rings. The highest BCUT2D eigenvalue weighted by atomic mass is 16.5. The molecule has 5 nitrogen and oxygen atoms in total. The van der Waals surface area contributed by atoms with Gasteiger partial charge in [-0.2, -0.15) is 0 Å². The summed E-state index contributed by atoms with van der Waals surface area (Å²) in [5.41, 5.74) is 6.06. The molecule has 1 aliphatic carbocycles. The molecular weight excluding hydrogens is 388 g/mol. The Kier molecular flexibility index (Phi) is 5.77. The third-order valence-corrected chi connectivity index (χ3v) is 6.87. The van der Waals surface area contributed by atoms with Gasteiger partial charge in [-0.25, -0.2) is 0 Å². The quantitative estimate of drug-likeness (QED) is 0.675. The van der Waals surface area contributed by atoms with Gasteiger partial charge in [-0.15, -0.1) is 0 Å². The first kappa shape index (κ1) is 20.3. The van der Waals surface area contributed by atoms with Crippen LogP contribution in [0.15, 0.2) is 36.4 Å². The first-order chi connectivity index (χ1) is 15.2. The van der Waals surface area contributed by atoms with Crippen LogP contribution in [-0.2, 0) is 30.6 Å². The van der Waals surface area contributed by atoms with Gasteiger partial charge in [-0.05, 0) is 53.6 Å². The van der Waals surface area contributed by atoms with Crippen LogP contribution < -0.4 is 4.74 Å². The minimum Gasteiger partial charge on any atom is -0.493 e. The van der Waals surface area contributed by atoms with Crippen molar-refractivity contribution in [1.29, 1.82) is 0 Å². The highest BCUT2D eigenvalue weighted by Gasteiger charge is 2.23. The van der Waals surface area contributed by atoms with Crippen LogP contribution in [0.4, 0.5) is 0 Å². The second kappa shape index (κ2) is 8.83. The first-order valence-corrected chi connectivity index (χ1v) is 11.6. The average molecular weight is 419 g/mol. The van der Waals surface area contributed by atoms with E-state index in [2.05, 4.69) is 29.2 Å². The van der Waals surface area contributed by atoms with Gasteiger partial charge >= 0.3 is 0 Å². The summed E-state index contributed by atoms with van der Waals surface area (Å²) >= 11 is 0. The lowest BCUT2D eigenvalue weighted by molar-refractivity contribution is -0.132. The highest BCUT2D eigenvalue weighted by Crippen LogP contribution is 2.27. The topological polar surface area (TPSA) is 49.9 Å². The van der Waals surface area contributed by atoms with Crippen molar-refractivity contribution in [2.24, 2.45) is 0 Å². The summed E-state index contributed by atoms with van der Waals surface area (Å²) in [6, 6.07) is 12.5. The van der Waals surface area contributed by atoms with Gasteiger partial charge in [-0.3, -0.25) is 14.5 Å². The maximum Gasteiger partial charge on any atom is 0.223 e. The molecule has 2 aliphatic heterocycles. The third-order valence-electron chi connectivity index (χ3n) is 6.87. The first-order valence-electron chi connectivity index (χ1n) is 11.6. The number of nitrogens with zero attached hydrogens (tertiary/aromatic N) is 2. The zero-order valence-corrected chi connectivity index (χ0v) is 18.1. The van der Waals surface area contributed by atoms with Crippen molar-refractivity contribution >= 4 is 11.7 Å². The van der Waals surface area contributed by atoms with E-state index < -0.39 is 0 Å². The van der Waals surface area contributed by atoms with E-state index in [1.807, 2.05) is 17.0 Å². The number of aryl methyl sites for hydroxylation is 2.